The van der Waals surface area contributed by atoms with Crippen LogP contribution < -0.4 is 26.3 Å². The van der Waals surface area contributed by atoms with Gasteiger partial charge < -0.3 is 14.6 Å². The van der Waals surface area contributed by atoms with E-state index in [0.717, 1.165) is 9.58 Å². The highest BCUT2D eigenvalue weighted by Gasteiger charge is 2.68. The molecule has 3 heterocycles. The molecule has 2 N–H and O–H groups in total. The number of hydrazine groups is 1. The minimum Gasteiger partial charge on any atom is -0.502 e. The number of halogens is 2. The second-order valence-corrected chi connectivity index (χ2v) is 13.7. The van der Waals surface area contributed by atoms with Crippen molar-refractivity contribution in [3.05, 3.63) is 152 Å². The lowest BCUT2D eigenvalue weighted by atomic mass is 9.54. The molecule has 1 aromatic heterocycles. The van der Waals surface area contributed by atoms with Gasteiger partial charge in [0.2, 0.25) is 5.75 Å². The fourth-order valence-electron chi connectivity index (χ4n) is 8.18. The summed E-state index contributed by atoms with van der Waals surface area (Å²) in [6.45, 7) is 0.0198. The van der Waals surface area contributed by atoms with Crippen LogP contribution in [0.1, 0.15) is 23.6 Å². The maximum Gasteiger partial charge on any atom is 0.352 e. The van der Waals surface area contributed by atoms with Gasteiger partial charge in [-0.15, -0.1) is 0 Å². The number of aromatic hydroxyl groups is 1. The average Bonchev–Trinajstić information content (AvgIpc) is 3.56. The normalized spacial score (nSPS) is 21.7. The summed E-state index contributed by atoms with van der Waals surface area (Å²) in [5.41, 5.74) is 2.60. The van der Waals surface area contributed by atoms with Crippen molar-refractivity contribution < 1.29 is 28.6 Å². The number of allylic oxidation sites excluding steroid dienone is 3. The van der Waals surface area contributed by atoms with E-state index < -0.39 is 52.3 Å². The van der Waals surface area contributed by atoms with Crippen LogP contribution in [-0.2, 0) is 21.5 Å². The monoisotopic (exact) mass is 749 g/mol. The van der Waals surface area contributed by atoms with Crippen molar-refractivity contribution in [1.82, 2.24) is 18.9 Å². The van der Waals surface area contributed by atoms with E-state index >= 15 is 4.79 Å². The van der Waals surface area contributed by atoms with Gasteiger partial charge in [0.05, 0.1) is 49.5 Å². The molecule has 4 aromatic carbocycles. The van der Waals surface area contributed by atoms with Gasteiger partial charge in [-0.1, -0.05) is 60.2 Å². The van der Waals surface area contributed by atoms with Gasteiger partial charge in [0.25, 0.3) is 11.8 Å². The Kier molecular flexibility index (Phi) is 8.53. The van der Waals surface area contributed by atoms with E-state index in [1.54, 1.807) is 78.9 Å². The molecule has 1 saturated heterocycles. The van der Waals surface area contributed by atoms with Crippen molar-refractivity contribution in [1.29, 1.82) is 0 Å². The molecule has 1 saturated carbocycles. The average molecular weight is 750 g/mol. The third kappa shape index (κ3) is 5.25. The number of carbonyl (C=O) groups is 2. The minimum atomic E-state index is -1.58. The third-order valence-electron chi connectivity index (χ3n) is 10.6. The van der Waals surface area contributed by atoms with Gasteiger partial charge in [-0.25, -0.2) is 27.9 Å². The van der Waals surface area contributed by atoms with Crippen LogP contribution in [0.25, 0.3) is 11.8 Å². The lowest BCUT2D eigenvalue weighted by Crippen LogP contribution is -2.54. The Bertz CT molecular complexity index is 2470. The molecular formula is C40H33ClFN5O7. The SMILES string of the molecule is COc1cc(C=C[C@H]2C3=CCn4c(=O)n(-c5ccccc5)c(=O)n4[C@@H]3C[C@H]3C(=O)N(Nc4ccc(F)cc4)C(=O)[C@@]23c2ccc(Cl)cc2)cc(OC)c1O. The molecule has 0 unspecified atom stereocenters. The molecule has 2 amide bonds. The number of amides is 2. The summed E-state index contributed by atoms with van der Waals surface area (Å²) in [4.78, 5) is 58.1. The van der Waals surface area contributed by atoms with Crippen LogP contribution in [-0.4, -0.2) is 50.1 Å². The van der Waals surface area contributed by atoms with E-state index in [1.165, 1.54) is 47.8 Å². The number of para-hydroxylation sites is 1. The first-order valence-corrected chi connectivity index (χ1v) is 17.5. The van der Waals surface area contributed by atoms with Crippen molar-refractivity contribution in [2.24, 2.45) is 11.8 Å². The number of phenols is 1. The Labute approximate surface area is 312 Å². The molecule has 8 rings (SSSR count). The summed E-state index contributed by atoms with van der Waals surface area (Å²) in [5, 5.41) is 12.0. The van der Waals surface area contributed by atoms with Crippen molar-refractivity contribution in [2.75, 3.05) is 19.6 Å². The smallest absolute Gasteiger partial charge is 0.352 e. The zero-order valence-corrected chi connectivity index (χ0v) is 29.7. The molecule has 0 radical (unpaired) electrons. The number of carbonyl (C=O) groups excluding carboxylic acids is 2. The molecular weight excluding hydrogens is 717 g/mol. The van der Waals surface area contributed by atoms with E-state index in [-0.39, 0.29) is 30.2 Å². The summed E-state index contributed by atoms with van der Waals surface area (Å²) in [6, 6.07) is 23.0. The van der Waals surface area contributed by atoms with E-state index in [9.17, 15) is 23.9 Å². The fourth-order valence-corrected chi connectivity index (χ4v) is 8.30. The number of methoxy groups -OCH3 is 2. The number of phenolic OH excluding ortho intramolecular Hbond substituents is 1. The number of nitrogens with zero attached hydrogens (tertiary/aromatic N) is 4. The van der Waals surface area contributed by atoms with Crippen LogP contribution in [0.3, 0.4) is 0 Å². The quantitative estimate of drug-likeness (QED) is 0.157. The van der Waals surface area contributed by atoms with Gasteiger partial charge in [0, 0.05) is 10.9 Å². The molecule has 0 spiro atoms. The molecule has 2 aliphatic heterocycles. The minimum absolute atomic E-state index is 0.00994. The van der Waals surface area contributed by atoms with E-state index in [1.807, 2.05) is 6.08 Å². The highest BCUT2D eigenvalue weighted by molar-refractivity contribution is 6.30. The van der Waals surface area contributed by atoms with Gasteiger partial charge in [-0.3, -0.25) is 15.0 Å². The van der Waals surface area contributed by atoms with Gasteiger partial charge in [-0.2, -0.15) is 5.01 Å². The van der Waals surface area contributed by atoms with E-state index in [4.69, 9.17) is 21.1 Å². The number of nitrogens with one attached hydrogen (secondary N) is 1. The lowest BCUT2D eigenvalue weighted by Gasteiger charge is -2.47. The first-order valence-electron chi connectivity index (χ1n) is 17.1. The summed E-state index contributed by atoms with van der Waals surface area (Å²) in [5.74, 6) is -3.46. The summed E-state index contributed by atoms with van der Waals surface area (Å²) in [6.07, 6.45) is 5.37. The Morgan fingerprint density at radius 1 is 0.907 bits per heavy atom. The number of hydrogen-bond donors (Lipinski definition) is 2. The summed E-state index contributed by atoms with van der Waals surface area (Å²) < 4.78 is 28.5. The number of hydrogen-bond acceptors (Lipinski definition) is 8. The highest BCUT2D eigenvalue weighted by Crippen LogP contribution is 2.59. The first kappa shape index (κ1) is 34.7. The highest BCUT2D eigenvalue weighted by atomic mass is 35.5. The van der Waals surface area contributed by atoms with Crippen LogP contribution >= 0.6 is 11.6 Å². The lowest BCUT2D eigenvalue weighted by molar-refractivity contribution is -0.138. The molecule has 1 aliphatic carbocycles. The topological polar surface area (TPSA) is 137 Å². The Hall–Kier alpha value is -6.34. The van der Waals surface area contributed by atoms with Crippen LogP contribution in [0.2, 0.25) is 5.02 Å². The number of rotatable bonds is 8. The van der Waals surface area contributed by atoms with Gasteiger partial charge in [0.1, 0.15) is 5.82 Å². The van der Waals surface area contributed by atoms with Crippen molar-refractivity contribution in [3.63, 3.8) is 0 Å². The third-order valence-corrected chi connectivity index (χ3v) is 10.8. The number of aromatic nitrogens is 3. The molecule has 3 aliphatic rings. The predicted molar refractivity (Wildman–Crippen MR) is 198 cm³/mol. The maximum absolute atomic E-state index is 15.2. The summed E-state index contributed by atoms with van der Waals surface area (Å²) >= 11 is 6.36. The second kappa shape index (κ2) is 13.3. The van der Waals surface area contributed by atoms with Crippen LogP contribution in [0.4, 0.5) is 10.1 Å². The number of benzene rings is 4. The zero-order chi connectivity index (χ0) is 37.9. The number of ether oxygens (including phenoxy) is 2. The maximum atomic E-state index is 15.2. The van der Waals surface area contributed by atoms with Crippen LogP contribution in [0.15, 0.2) is 118 Å². The molecule has 14 heteroatoms. The van der Waals surface area contributed by atoms with Gasteiger partial charge >= 0.3 is 11.4 Å². The van der Waals surface area contributed by atoms with Gasteiger partial charge in [0.15, 0.2) is 11.5 Å². The number of imide groups is 1. The van der Waals surface area contributed by atoms with Crippen molar-refractivity contribution >= 4 is 35.2 Å². The van der Waals surface area contributed by atoms with Gasteiger partial charge in [-0.05, 0) is 83.8 Å². The summed E-state index contributed by atoms with van der Waals surface area (Å²) in [7, 11) is 2.82. The Morgan fingerprint density at radius 3 is 2.22 bits per heavy atom. The molecule has 4 atom stereocenters. The van der Waals surface area contributed by atoms with Crippen molar-refractivity contribution in [2.45, 2.75) is 24.4 Å². The number of fused-ring (bicyclic) bond motifs is 4. The molecule has 54 heavy (non-hydrogen) atoms. The Morgan fingerprint density at radius 2 is 1.57 bits per heavy atom. The second-order valence-electron chi connectivity index (χ2n) is 13.3. The van der Waals surface area contributed by atoms with Crippen LogP contribution in [0, 0.1) is 17.7 Å². The van der Waals surface area contributed by atoms with Crippen LogP contribution in [0.5, 0.6) is 17.2 Å². The number of anilines is 1. The largest absolute Gasteiger partial charge is 0.502 e. The molecule has 0 bridgehead atoms. The first-order chi connectivity index (χ1) is 26.1. The van der Waals surface area contributed by atoms with E-state index in [0.29, 0.717) is 33.1 Å². The fraction of sp³-hybridized carbons (Fsp3) is 0.200. The molecule has 2 fully saturated rings. The molecule has 12 nitrogen and oxygen atoms in total. The molecule has 274 valence electrons. The Balaban J connectivity index is 1.35. The van der Waals surface area contributed by atoms with Crippen molar-refractivity contribution in [3.8, 4) is 22.9 Å². The zero-order valence-electron chi connectivity index (χ0n) is 29.0. The standard InChI is InChI=1S/C40H33ClFN5O7/c1-53-33-20-23(21-34(54-2)35(33)48)8-17-30-29-18-19-44-38(51)45(28-6-4-3-5-7-28)39(52)47(44)32(29)22-31-36(49)46(43-27-15-13-26(42)14-16-27)37(50)40(30,31)24-9-11-25(41)12-10-24/h3-18,20-21,30-32,43,48H,19,22H2,1-2H3/t30-,31-,32+,40-/m0/s1. The van der Waals surface area contributed by atoms with E-state index in [2.05, 4.69) is 5.43 Å². The predicted octanol–water partition coefficient (Wildman–Crippen LogP) is 5.48. The molecule has 5 aromatic rings.